The molecule has 0 radical (unpaired) electrons. The molecule has 1 heterocycles. The summed E-state index contributed by atoms with van der Waals surface area (Å²) in [6, 6.07) is 5.24. The van der Waals surface area contributed by atoms with Crippen LogP contribution in [0.15, 0.2) is 27.8 Å². The molecule has 0 amide bonds. The van der Waals surface area contributed by atoms with Gasteiger partial charge in [0.05, 0.1) is 11.0 Å². The van der Waals surface area contributed by atoms with Crippen LogP contribution < -0.4 is 11.1 Å². The average molecular weight is 206 g/mol. The van der Waals surface area contributed by atoms with Gasteiger partial charge in [0.1, 0.15) is 0 Å². The van der Waals surface area contributed by atoms with E-state index in [0.29, 0.717) is 17.5 Å². The lowest BCUT2D eigenvalue weighted by atomic mass is 10.1. The van der Waals surface area contributed by atoms with Crippen molar-refractivity contribution in [1.29, 1.82) is 0 Å². The molecule has 5 nitrogen and oxygen atoms in total. The first-order chi connectivity index (χ1) is 7.20. The standard InChI is InChI=1S/C10H10N2O3/c13-4-3-6-1-2-7-8(5-6)12-10(15)9(14)11-7/h1-2,5,13H,3-4H2,(H,11,14)(H,12,15). The molecule has 1 aromatic carbocycles. The number of H-pyrrole nitrogens is 2. The van der Waals surface area contributed by atoms with Crippen molar-refractivity contribution in [3.63, 3.8) is 0 Å². The summed E-state index contributed by atoms with van der Waals surface area (Å²) in [5.74, 6) is 0. The Labute approximate surface area is 84.4 Å². The number of fused-ring (bicyclic) bond motifs is 1. The number of hydrogen-bond acceptors (Lipinski definition) is 3. The number of aromatic amines is 2. The van der Waals surface area contributed by atoms with Crippen molar-refractivity contribution in [1.82, 2.24) is 9.97 Å². The fourth-order valence-corrected chi connectivity index (χ4v) is 1.45. The highest BCUT2D eigenvalue weighted by Crippen LogP contribution is 2.09. The Morgan fingerprint density at radius 3 is 2.40 bits per heavy atom. The van der Waals surface area contributed by atoms with Crippen LogP contribution in [0.25, 0.3) is 11.0 Å². The van der Waals surface area contributed by atoms with Crippen LogP contribution in [0, 0.1) is 0 Å². The van der Waals surface area contributed by atoms with Crippen molar-refractivity contribution in [3.05, 3.63) is 44.5 Å². The molecule has 0 atom stereocenters. The van der Waals surface area contributed by atoms with Gasteiger partial charge in [0.15, 0.2) is 0 Å². The Morgan fingerprint density at radius 2 is 1.73 bits per heavy atom. The van der Waals surface area contributed by atoms with Gasteiger partial charge in [0.25, 0.3) is 0 Å². The van der Waals surface area contributed by atoms with Crippen LogP contribution in [-0.2, 0) is 6.42 Å². The Morgan fingerprint density at radius 1 is 1.07 bits per heavy atom. The van der Waals surface area contributed by atoms with Crippen molar-refractivity contribution in [2.45, 2.75) is 6.42 Å². The average Bonchev–Trinajstić information content (AvgIpc) is 2.21. The molecule has 0 bridgehead atoms. The predicted molar refractivity (Wildman–Crippen MR) is 56.0 cm³/mol. The lowest BCUT2D eigenvalue weighted by Gasteiger charge is -2.00. The van der Waals surface area contributed by atoms with Gasteiger partial charge in [-0.05, 0) is 24.1 Å². The summed E-state index contributed by atoms with van der Waals surface area (Å²) >= 11 is 0. The maximum Gasteiger partial charge on any atom is 0.314 e. The van der Waals surface area contributed by atoms with E-state index in [0.717, 1.165) is 5.56 Å². The summed E-state index contributed by atoms with van der Waals surface area (Å²) < 4.78 is 0. The monoisotopic (exact) mass is 206 g/mol. The van der Waals surface area contributed by atoms with Gasteiger partial charge < -0.3 is 15.1 Å². The van der Waals surface area contributed by atoms with Crippen LogP contribution in [0.1, 0.15) is 5.56 Å². The van der Waals surface area contributed by atoms with Gasteiger partial charge in [-0.15, -0.1) is 0 Å². The molecular weight excluding hydrogens is 196 g/mol. The fraction of sp³-hybridized carbons (Fsp3) is 0.200. The molecule has 0 spiro atoms. The molecule has 2 aromatic rings. The normalized spacial score (nSPS) is 10.7. The lowest BCUT2D eigenvalue weighted by molar-refractivity contribution is 0.299. The predicted octanol–water partition coefficient (Wildman–Crippen LogP) is -0.249. The maximum absolute atomic E-state index is 11.1. The molecule has 0 saturated heterocycles. The Balaban J connectivity index is 2.66. The van der Waals surface area contributed by atoms with Crippen LogP contribution in [0.5, 0.6) is 0 Å². The topological polar surface area (TPSA) is 85.9 Å². The number of aliphatic hydroxyl groups excluding tert-OH is 1. The van der Waals surface area contributed by atoms with Crippen molar-refractivity contribution >= 4 is 11.0 Å². The van der Waals surface area contributed by atoms with Gasteiger partial charge in [-0.2, -0.15) is 0 Å². The quantitative estimate of drug-likeness (QED) is 0.592. The number of aromatic nitrogens is 2. The van der Waals surface area contributed by atoms with Gasteiger partial charge in [-0.3, -0.25) is 9.59 Å². The van der Waals surface area contributed by atoms with Gasteiger partial charge in [0, 0.05) is 6.61 Å². The van der Waals surface area contributed by atoms with Crippen LogP contribution in [0.3, 0.4) is 0 Å². The minimum atomic E-state index is -0.663. The molecule has 0 unspecified atom stereocenters. The van der Waals surface area contributed by atoms with Crippen molar-refractivity contribution in [2.75, 3.05) is 6.61 Å². The van der Waals surface area contributed by atoms with Crippen LogP contribution in [-0.4, -0.2) is 21.7 Å². The van der Waals surface area contributed by atoms with E-state index in [2.05, 4.69) is 9.97 Å². The van der Waals surface area contributed by atoms with Gasteiger partial charge in [-0.25, -0.2) is 0 Å². The van der Waals surface area contributed by atoms with Crippen LogP contribution in [0.4, 0.5) is 0 Å². The summed E-state index contributed by atoms with van der Waals surface area (Å²) in [6.45, 7) is 0.0547. The molecule has 78 valence electrons. The molecule has 0 saturated carbocycles. The highest BCUT2D eigenvalue weighted by atomic mass is 16.3. The Hall–Kier alpha value is -1.88. The second kappa shape index (κ2) is 3.70. The van der Waals surface area contributed by atoms with E-state index < -0.39 is 11.1 Å². The first-order valence-corrected chi connectivity index (χ1v) is 4.57. The van der Waals surface area contributed by atoms with Crippen LogP contribution >= 0.6 is 0 Å². The minimum Gasteiger partial charge on any atom is -0.396 e. The van der Waals surface area contributed by atoms with E-state index in [-0.39, 0.29) is 6.61 Å². The molecule has 0 fully saturated rings. The molecule has 5 heteroatoms. The third-order valence-corrected chi connectivity index (χ3v) is 2.19. The third-order valence-electron chi connectivity index (χ3n) is 2.19. The van der Waals surface area contributed by atoms with E-state index in [4.69, 9.17) is 5.11 Å². The Kier molecular flexibility index (Phi) is 2.39. The molecule has 3 N–H and O–H groups in total. The minimum absolute atomic E-state index is 0.0547. The summed E-state index contributed by atoms with van der Waals surface area (Å²) in [5, 5.41) is 8.76. The van der Waals surface area contributed by atoms with Crippen molar-refractivity contribution in [3.8, 4) is 0 Å². The second-order valence-electron chi connectivity index (χ2n) is 3.26. The van der Waals surface area contributed by atoms with Gasteiger partial charge >= 0.3 is 11.1 Å². The first-order valence-electron chi connectivity index (χ1n) is 4.57. The van der Waals surface area contributed by atoms with E-state index in [9.17, 15) is 9.59 Å². The van der Waals surface area contributed by atoms with E-state index in [1.54, 1.807) is 18.2 Å². The molecule has 0 aliphatic carbocycles. The summed E-state index contributed by atoms with van der Waals surface area (Å²) in [7, 11) is 0. The SMILES string of the molecule is O=c1[nH]c2ccc(CCO)cc2[nH]c1=O. The van der Waals surface area contributed by atoms with Gasteiger partial charge in [-0.1, -0.05) is 6.07 Å². The molecule has 0 aliphatic heterocycles. The highest BCUT2D eigenvalue weighted by Gasteiger charge is 2.00. The second-order valence-corrected chi connectivity index (χ2v) is 3.26. The third kappa shape index (κ3) is 1.82. The first kappa shape index (κ1) is 9.67. The Bertz CT molecular complexity index is 597. The van der Waals surface area contributed by atoms with E-state index in [1.165, 1.54) is 0 Å². The number of hydrogen-bond donors (Lipinski definition) is 3. The number of nitrogens with one attached hydrogen (secondary N) is 2. The largest absolute Gasteiger partial charge is 0.396 e. The van der Waals surface area contributed by atoms with E-state index in [1.807, 2.05) is 0 Å². The molecule has 15 heavy (non-hydrogen) atoms. The fourth-order valence-electron chi connectivity index (χ4n) is 1.45. The molecular formula is C10H10N2O3. The smallest absolute Gasteiger partial charge is 0.314 e. The highest BCUT2D eigenvalue weighted by molar-refractivity contribution is 5.74. The summed E-state index contributed by atoms with van der Waals surface area (Å²) in [5.41, 5.74) is 0.751. The summed E-state index contributed by atoms with van der Waals surface area (Å²) in [6.07, 6.45) is 0.525. The van der Waals surface area contributed by atoms with E-state index >= 15 is 0 Å². The number of benzene rings is 1. The molecule has 0 aliphatic rings. The zero-order chi connectivity index (χ0) is 10.8. The lowest BCUT2D eigenvalue weighted by Crippen LogP contribution is -2.28. The van der Waals surface area contributed by atoms with Crippen LogP contribution in [0.2, 0.25) is 0 Å². The number of aliphatic hydroxyl groups is 1. The van der Waals surface area contributed by atoms with Crippen molar-refractivity contribution < 1.29 is 5.11 Å². The van der Waals surface area contributed by atoms with Gasteiger partial charge in [0.2, 0.25) is 0 Å². The maximum atomic E-state index is 11.1. The summed E-state index contributed by atoms with van der Waals surface area (Å²) in [4.78, 5) is 27.0. The zero-order valence-electron chi connectivity index (χ0n) is 7.91. The van der Waals surface area contributed by atoms with Crippen molar-refractivity contribution in [2.24, 2.45) is 0 Å². The molecule has 2 rings (SSSR count). The molecule has 1 aromatic heterocycles. The zero-order valence-corrected chi connectivity index (χ0v) is 7.91. The number of rotatable bonds is 2.